The second-order valence-corrected chi connectivity index (χ2v) is 2.99. The lowest BCUT2D eigenvalue weighted by molar-refractivity contribution is -0.104. The first-order chi connectivity index (χ1) is 7.40. The van der Waals surface area contributed by atoms with Crippen molar-refractivity contribution in [2.45, 2.75) is 0 Å². The van der Waals surface area contributed by atoms with Crippen LogP contribution in [0.25, 0.3) is 6.08 Å². The Balaban J connectivity index is 2.13. The lowest BCUT2D eigenvalue weighted by Crippen LogP contribution is -1.92. The molecule has 1 aliphatic rings. The van der Waals surface area contributed by atoms with E-state index < -0.39 is 0 Å². The zero-order chi connectivity index (χ0) is 10.5. The minimum atomic E-state index is 0.285. The van der Waals surface area contributed by atoms with E-state index >= 15 is 0 Å². The first-order valence-electron chi connectivity index (χ1n) is 4.58. The third kappa shape index (κ3) is 2.26. The number of fused-ring (bicyclic) bond motifs is 1. The molecule has 0 fully saturated rings. The van der Waals surface area contributed by atoms with Crippen LogP contribution < -0.4 is 9.47 Å². The Labute approximate surface area is 87.6 Å². The molecule has 0 bridgehead atoms. The Morgan fingerprint density at radius 2 is 1.93 bits per heavy atom. The lowest BCUT2D eigenvalue weighted by Gasteiger charge is -1.96. The molecule has 76 valence electrons. The summed E-state index contributed by atoms with van der Waals surface area (Å²) < 4.78 is 10.4. The van der Waals surface area contributed by atoms with Crippen LogP contribution >= 0.6 is 0 Å². The topological polar surface area (TPSA) is 35.5 Å². The SMILES string of the molecule is O=CC=CC=Cc1ccc2c(c1)OCO2. The van der Waals surface area contributed by atoms with Gasteiger partial charge in [0, 0.05) is 0 Å². The summed E-state index contributed by atoms with van der Waals surface area (Å²) in [5.41, 5.74) is 1.01. The van der Waals surface area contributed by atoms with Gasteiger partial charge in [0.2, 0.25) is 6.79 Å². The van der Waals surface area contributed by atoms with Crippen molar-refractivity contribution in [2.24, 2.45) is 0 Å². The molecule has 0 N–H and O–H groups in total. The average molecular weight is 202 g/mol. The third-order valence-corrected chi connectivity index (χ3v) is 1.99. The molecule has 0 unspecified atom stereocenters. The van der Waals surface area contributed by atoms with Crippen molar-refractivity contribution in [3.63, 3.8) is 0 Å². The predicted molar refractivity (Wildman–Crippen MR) is 56.8 cm³/mol. The third-order valence-electron chi connectivity index (χ3n) is 1.99. The Kier molecular flexibility index (Phi) is 2.83. The first kappa shape index (κ1) is 9.52. The number of rotatable bonds is 3. The minimum Gasteiger partial charge on any atom is -0.454 e. The summed E-state index contributed by atoms with van der Waals surface area (Å²) in [5, 5.41) is 0. The van der Waals surface area contributed by atoms with Crippen LogP contribution in [0, 0.1) is 0 Å². The van der Waals surface area contributed by atoms with E-state index in [0.29, 0.717) is 0 Å². The predicted octanol–water partition coefficient (Wildman–Crippen LogP) is 2.18. The van der Waals surface area contributed by atoms with Crippen LogP contribution in [0.15, 0.2) is 36.4 Å². The highest BCUT2D eigenvalue weighted by molar-refractivity contribution is 5.66. The molecule has 0 spiro atoms. The summed E-state index contributed by atoms with van der Waals surface area (Å²) in [4.78, 5) is 10.0. The molecule has 0 amide bonds. The fraction of sp³-hybridized carbons (Fsp3) is 0.0833. The van der Waals surface area contributed by atoms with Gasteiger partial charge >= 0.3 is 0 Å². The average Bonchev–Trinajstić information content (AvgIpc) is 2.71. The van der Waals surface area contributed by atoms with E-state index in [9.17, 15) is 4.79 Å². The molecule has 0 saturated heterocycles. The summed E-state index contributed by atoms with van der Waals surface area (Å²) >= 11 is 0. The highest BCUT2D eigenvalue weighted by Gasteiger charge is 2.11. The zero-order valence-corrected chi connectivity index (χ0v) is 8.05. The number of hydrogen-bond acceptors (Lipinski definition) is 3. The van der Waals surface area contributed by atoms with E-state index in [0.717, 1.165) is 23.3 Å². The van der Waals surface area contributed by atoms with Crippen molar-refractivity contribution >= 4 is 12.4 Å². The van der Waals surface area contributed by atoms with Gasteiger partial charge in [0.25, 0.3) is 0 Å². The van der Waals surface area contributed by atoms with Gasteiger partial charge in [0.1, 0.15) is 6.29 Å². The van der Waals surface area contributed by atoms with Crippen LogP contribution in [0.5, 0.6) is 11.5 Å². The monoisotopic (exact) mass is 202 g/mol. The molecular formula is C12H10O3. The fourth-order valence-electron chi connectivity index (χ4n) is 1.29. The quantitative estimate of drug-likeness (QED) is 0.428. The van der Waals surface area contributed by atoms with E-state index in [1.165, 1.54) is 6.08 Å². The maximum Gasteiger partial charge on any atom is 0.231 e. The number of allylic oxidation sites excluding steroid dienone is 3. The van der Waals surface area contributed by atoms with Crippen LogP contribution in [0.3, 0.4) is 0 Å². The van der Waals surface area contributed by atoms with Crippen LogP contribution in [0.4, 0.5) is 0 Å². The number of ether oxygens (including phenoxy) is 2. The molecule has 2 rings (SSSR count). The van der Waals surface area contributed by atoms with Gasteiger partial charge in [-0.05, 0) is 23.8 Å². The second kappa shape index (κ2) is 4.46. The van der Waals surface area contributed by atoms with Gasteiger partial charge in [-0.3, -0.25) is 4.79 Å². The Morgan fingerprint density at radius 1 is 1.07 bits per heavy atom. The molecule has 1 aromatic rings. The summed E-state index contributed by atoms with van der Waals surface area (Å²) in [5.74, 6) is 1.53. The van der Waals surface area contributed by atoms with Crippen LogP contribution in [-0.2, 0) is 4.79 Å². The molecule has 15 heavy (non-hydrogen) atoms. The Morgan fingerprint density at radius 3 is 2.80 bits per heavy atom. The van der Waals surface area contributed by atoms with Crippen molar-refractivity contribution in [3.05, 3.63) is 42.0 Å². The molecule has 0 atom stereocenters. The molecule has 0 aromatic heterocycles. The van der Waals surface area contributed by atoms with E-state index in [2.05, 4.69) is 0 Å². The van der Waals surface area contributed by atoms with E-state index in [1.54, 1.807) is 12.2 Å². The standard InChI is InChI=1S/C12H10O3/c13-7-3-1-2-4-10-5-6-11-12(8-10)15-9-14-11/h1-8H,9H2. The molecule has 3 nitrogen and oxygen atoms in total. The van der Waals surface area contributed by atoms with Crippen molar-refractivity contribution < 1.29 is 14.3 Å². The maximum absolute atomic E-state index is 10.0. The van der Waals surface area contributed by atoms with Gasteiger partial charge in [0.15, 0.2) is 11.5 Å². The number of carbonyl (C=O) groups is 1. The van der Waals surface area contributed by atoms with Gasteiger partial charge in [-0.25, -0.2) is 0 Å². The van der Waals surface area contributed by atoms with Crippen molar-refractivity contribution in [2.75, 3.05) is 6.79 Å². The fourth-order valence-corrected chi connectivity index (χ4v) is 1.29. The van der Waals surface area contributed by atoms with Gasteiger partial charge in [0.05, 0.1) is 0 Å². The number of aldehydes is 1. The van der Waals surface area contributed by atoms with E-state index in [-0.39, 0.29) is 6.79 Å². The van der Waals surface area contributed by atoms with E-state index in [1.807, 2.05) is 24.3 Å². The zero-order valence-electron chi connectivity index (χ0n) is 8.05. The maximum atomic E-state index is 10.0. The van der Waals surface area contributed by atoms with Crippen LogP contribution in [-0.4, -0.2) is 13.1 Å². The minimum absolute atomic E-state index is 0.285. The summed E-state index contributed by atoms with van der Waals surface area (Å²) in [6, 6.07) is 5.69. The van der Waals surface area contributed by atoms with Gasteiger partial charge in [-0.2, -0.15) is 0 Å². The molecule has 0 saturated carbocycles. The van der Waals surface area contributed by atoms with Crippen molar-refractivity contribution in [3.8, 4) is 11.5 Å². The van der Waals surface area contributed by atoms with Gasteiger partial charge < -0.3 is 9.47 Å². The smallest absolute Gasteiger partial charge is 0.231 e. The summed E-state index contributed by atoms with van der Waals surface area (Å²) in [6.45, 7) is 0.285. The second-order valence-electron chi connectivity index (χ2n) is 2.99. The highest BCUT2D eigenvalue weighted by Crippen LogP contribution is 2.32. The largest absolute Gasteiger partial charge is 0.454 e. The Hall–Kier alpha value is -2.03. The number of hydrogen-bond donors (Lipinski definition) is 0. The molecule has 0 aliphatic carbocycles. The summed E-state index contributed by atoms with van der Waals surface area (Å²) in [7, 11) is 0. The molecular weight excluding hydrogens is 192 g/mol. The van der Waals surface area contributed by atoms with Gasteiger partial charge in [-0.15, -0.1) is 0 Å². The van der Waals surface area contributed by atoms with Crippen molar-refractivity contribution in [1.29, 1.82) is 0 Å². The lowest BCUT2D eigenvalue weighted by atomic mass is 10.2. The normalized spacial score (nSPS) is 13.9. The molecule has 1 aromatic carbocycles. The van der Waals surface area contributed by atoms with Crippen LogP contribution in [0.2, 0.25) is 0 Å². The molecule has 0 radical (unpaired) electrons. The van der Waals surface area contributed by atoms with Crippen LogP contribution in [0.1, 0.15) is 5.56 Å². The first-order valence-corrected chi connectivity index (χ1v) is 4.58. The number of benzene rings is 1. The molecule has 1 heterocycles. The van der Waals surface area contributed by atoms with Crippen molar-refractivity contribution in [1.82, 2.24) is 0 Å². The Bertz CT molecular complexity index is 419. The number of carbonyl (C=O) groups excluding carboxylic acids is 1. The highest BCUT2D eigenvalue weighted by atomic mass is 16.7. The van der Waals surface area contributed by atoms with E-state index in [4.69, 9.17) is 9.47 Å². The molecule has 1 aliphatic heterocycles. The van der Waals surface area contributed by atoms with Gasteiger partial charge in [-0.1, -0.05) is 24.3 Å². The molecule has 3 heteroatoms. The summed E-state index contributed by atoms with van der Waals surface area (Å²) in [6.07, 6.45) is 7.54.